The van der Waals surface area contributed by atoms with E-state index in [1.807, 2.05) is 36.4 Å². The number of halogens is 1. The fourth-order valence-electron chi connectivity index (χ4n) is 3.67. The van der Waals surface area contributed by atoms with Crippen molar-refractivity contribution < 1.29 is 4.39 Å². The molecule has 0 aliphatic carbocycles. The molecular weight excluding hydrogens is 373 g/mol. The van der Waals surface area contributed by atoms with Gasteiger partial charge in [-0.25, -0.2) is 9.37 Å². The van der Waals surface area contributed by atoms with Crippen LogP contribution in [-0.4, -0.2) is 54.1 Å². The van der Waals surface area contributed by atoms with Crippen LogP contribution in [0.15, 0.2) is 48.5 Å². The molecule has 1 fully saturated rings. The van der Waals surface area contributed by atoms with Crippen LogP contribution in [0.5, 0.6) is 0 Å². The summed E-state index contributed by atoms with van der Waals surface area (Å²) < 4.78 is 14.4. The van der Waals surface area contributed by atoms with Gasteiger partial charge in [0, 0.05) is 38.1 Å². The van der Waals surface area contributed by atoms with Gasteiger partial charge in [0.25, 0.3) is 0 Å². The minimum atomic E-state index is -0.138. The second-order valence-electron chi connectivity index (χ2n) is 7.00. The van der Waals surface area contributed by atoms with Crippen LogP contribution in [0.1, 0.15) is 6.42 Å². The molecule has 28 heavy (non-hydrogen) atoms. The van der Waals surface area contributed by atoms with E-state index >= 15 is 0 Å². The lowest BCUT2D eigenvalue weighted by molar-refractivity contribution is 0.256. The summed E-state index contributed by atoms with van der Waals surface area (Å²) in [7, 11) is 0. The largest absolute Gasteiger partial charge is 0.369 e. The molecule has 2 heterocycles. The Labute approximate surface area is 169 Å². The summed E-state index contributed by atoms with van der Waals surface area (Å²) in [6.45, 7) is 5.46. The van der Waals surface area contributed by atoms with Crippen molar-refractivity contribution in [3.05, 3.63) is 59.1 Å². The average molecular weight is 398 g/mol. The maximum atomic E-state index is 13.9. The Balaban J connectivity index is 1.26. The molecule has 1 aromatic heterocycles. The van der Waals surface area contributed by atoms with E-state index in [2.05, 4.69) is 25.1 Å². The molecule has 0 atom stereocenters. The van der Waals surface area contributed by atoms with E-state index in [-0.39, 0.29) is 5.82 Å². The fraction of sp³-hybridized carbons (Fsp3) is 0.333. The number of aromatic amines is 1. The van der Waals surface area contributed by atoms with Crippen LogP contribution in [0.25, 0.3) is 10.9 Å². The van der Waals surface area contributed by atoms with Crippen LogP contribution >= 0.6 is 12.2 Å². The highest BCUT2D eigenvalue weighted by molar-refractivity contribution is 7.71. The zero-order chi connectivity index (χ0) is 19.3. The fourth-order valence-corrected chi connectivity index (χ4v) is 3.87. The van der Waals surface area contributed by atoms with Gasteiger partial charge < -0.3 is 15.2 Å². The van der Waals surface area contributed by atoms with Crippen molar-refractivity contribution in [1.82, 2.24) is 14.9 Å². The second-order valence-corrected chi connectivity index (χ2v) is 7.38. The molecule has 1 aliphatic rings. The zero-order valence-corrected chi connectivity index (χ0v) is 16.5. The number of para-hydroxylation sites is 2. The Morgan fingerprint density at radius 2 is 1.79 bits per heavy atom. The van der Waals surface area contributed by atoms with Crippen LogP contribution in [0.3, 0.4) is 0 Å². The standard InChI is InChI=1S/C21H24FN5S/c22-17-7-2-4-9-19(17)27-14-12-26(13-15-27)11-5-10-23-20-16-6-1-3-8-18(16)24-21(28)25-20/h1-4,6-9H,5,10-15H2,(H2,23,24,25,28). The number of nitrogens with zero attached hydrogens (tertiary/aromatic N) is 3. The molecule has 0 bridgehead atoms. The third kappa shape index (κ3) is 4.31. The van der Waals surface area contributed by atoms with E-state index in [1.165, 1.54) is 6.07 Å². The van der Waals surface area contributed by atoms with Gasteiger partial charge in [-0.2, -0.15) is 0 Å². The molecule has 0 saturated carbocycles. The maximum absolute atomic E-state index is 13.9. The Kier molecular flexibility index (Phi) is 5.83. The van der Waals surface area contributed by atoms with Crippen LogP contribution < -0.4 is 10.2 Å². The summed E-state index contributed by atoms with van der Waals surface area (Å²) in [5, 5.41) is 4.48. The predicted octanol–water partition coefficient (Wildman–Crippen LogP) is 4.06. The van der Waals surface area contributed by atoms with Gasteiger partial charge in [0.15, 0.2) is 4.77 Å². The summed E-state index contributed by atoms with van der Waals surface area (Å²) in [5.74, 6) is 0.699. The first-order valence-corrected chi connectivity index (χ1v) is 10.1. The number of fused-ring (bicyclic) bond motifs is 1. The van der Waals surface area contributed by atoms with Crippen LogP contribution in [0.4, 0.5) is 15.9 Å². The highest BCUT2D eigenvalue weighted by atomic mass is 32.1. The second kappa shape index (κ2) is 8.67. The average Bonchev–Trinajstić information content (AvgIpc) is 2.72. The molecule has 7 heteroatoms. The molecular formula is C21H24FN5S. The summed E-state index contributed by atoms with van der Waals surface area (Å²) in [6, 6.07) is 15.0. The SMILES string of the molecule is Fc1ccccc1N1CCN(CCCNc2nc(=S)[nH]c3ccccc23)CC1. The molecule has 0 spiro atoms. The molecule has 2 N–H and O–H groups in total. The summed E-state index contributed by atoms with van der Waals surface area (Å²) in [4.78, 5) is 12.1. The van der Waals surface area contributed by atoms with Crippen molar-refractivity contribution in [2.75, 3.05) is 49.5 Å². The van der Waals surface area contributed by atoms with Gasteiger partial charge in [-0.15, -0.1) is 0 Å². The lowest BCUT2D eigenvalue weighted by atomic mass is 10.2. The summed E-state index contributed by atoms with van der Waals surface area (Å²) >= 11 is 5.22. The van der Waals surface area contributed by atoms with Gasteiger partial charge in [-0.1, -0.05) is 24.3 Å². The van der Waals surface area contributed by atoms with Crippen molar-refractivity contribution in [1.29, 1.82) is 0 Å². The third-order valence-corrected chi connectivity index (χ3v) is 5.34. The first-order chi connectivity index (χ1) is 13.7. The molecule has 0 unspecified atom stereocenters. The topological polar surface area (TPSA) is 47.2 Å². The normalized spacial score (nSPS) is 15.1. The third-order valence-electron chi connectivity index (χ3n) is 5.15. The van der Waals surface area contributed by atoms with E-state index < -0.39 is 0 Å². The van der Waals surface area contributed by atoms with Crippen molar-refractivity contribution in [2.45, 2.75) is 6.42 Å². The predicted molar refractivity (Wildman–Crippen MR) is 115 cm³/mol. The van der Waals surface area contributed by atoms with Gasteiger partial charge in [-0.3, -0.25) is 4.90 Å². The lowest BCUT2D eigenvalue weighted by Crippen LogP contribution is -2.47. The van der Waals surface area contributed by atoms with Crippen molar-refractivity contribution in [2.24, 2.45) is 0 Å². The van der Waals surface area contributed by atoms with Crippen molar-refractivity contribution >= 4 is 34.6 Å². The molecule has 1 saturated heterocycles. The number of hydrogen-bond donors (Lipinski definition) is 2. The number of nitrogens with one attached hydrogen (secondary N) is 2. The summed E-state index contributed by atoms with van der Waals surface area (Å²) in [6.07, 6.45) is 1.01. The molecule has 0 radical (unpaired) electrons. The van der Waals surface area contributed by atoms with Gasteiger partial charge >= 0.3 is 0 Å². The maximum Gasteiger partial charge on any atom is 0.199 e. The monoisotopic (exact) mass is 397 g/mol. The highest BCUT2D eigenvalue weighted by Gasteiger charge is 2.18. The van der Waals surface area contributed by atoms with Crippen LogP contribution in [0.2, 0.25) is 0 Å². The zero-order valence-electron chi connectivity index (χ0n) is 15.7. The Morgan fingerprint density at radius 1 is 1.04 bits per heavy atom. The van der Waals surface area contributed by atoms with Crippen molar-refractivity contribution in [3.63, 3.8) is 0 Å². The Bertz CT molecular complexity index is 997. The molecule has 0 amide bonds. The number of hydrogen-bond acceptors (Lipinski definition) is 5. The van der Waals surface area contributed by atoms with Crippen LogP contribution in [-0.2, 0) is 0 Å². The molecule has 146 valence electrons. The van der Waals surface area contributed by atoms with Gasteiger partial charge in [-0.05, 0) is 49.4 Å². The summed E-state index contributed by atoms with van der Waals surface area (Å²) in [5.41, 5.74) is 1.71. The number of aromatic nitrogens is 2. The van der Waals surface area contributed by atoms with Gasteiger partial charge in [0.05, 0.1) is 11.2 Å². The van der Waals surface area contributed by atoms with E-state index in [1.54, 1.807) is 6.07 Å². The first-order valence-electron chi connectivity index (χ1n) is 9.65. The Morgan fingerprint density at radius 3 is 2.61 bits per heavy atom. The van der Waals surface area contributed by atoms with Gasteiger partial charge in [0.2, 0.25) is 0 Å². The number of benzene rings is 2. The number of rotatable bonds is 6. The molecule has 2 aromatic carbocycles. The highest BCUT2D eigenvalue weighted by Crippen LogP contribution is 2.21. The lowest BCUT2D eigenvalue weighted by Gasteiger charge is -2.36. The first kappa shape index (κ1) is 18.8. The smallest absolute Gasteiger partial charge is 0.199 e. The number of anilines is 2. The molecule has 1 aliphatic heterocycles. The number of H-pyrrole nitrogens is 1. The van der Waals surface area contributed by atoms with E-state index in [0.29, 0.717) is 10.5 Å². The van der Waals surface area contributed by atoms with E-state index in [4.69, 9.17) is 12.2 Å². The van der Waals surface area contributed by atoms with E-state index in [0.717, 1.165) is 62.4 Å². The Hall–Kier alpha value is -2.51. The molecule has 4 rings (SSSR count). The molecule has 3 aromatic rings. The minimum Gasteiger partial charge on any atom is -0.369 e. The minimum absolute atomic E-state index is 0.138. The van der Waals surface area contributed by atoms with Crippen molar-refractivity contribution in [3.8, 4) is 0 Å². The number of piperazine rings is 1. The van der Waals surface area contributed by atoms with Gasteiger partial charge in [0.1, 0.15) is 11.6 Å². The van der Waals surface area contributed by atoms with Crippen LogP contribution in [0, 0.1) is 10.6 Å². The quantitative estimate of drug-likeness (QED) is 0.485. The molecule has 5 nitrogen and oxygen atoms in total. The van der Waals surface area contributed by atoms with E-state index in [9.17, 15) is 4.39 Å².